The van der Waals surface area contributed by atoms with E-state index in [1.165, 1.54) is 43.5 Å². The van der Waals surface area contributed by atoms with Crippen molar-refractivity contribution in [1.29, 1.82) is 5.26 Å². The number of hydrogen-bond acceptors (Lipinski definition) is 8. The molecule has 3 aromatic carbocycles. The number of ether oxygens (including phenoxy) is 2. The van der Waals surface area contributed by atoms with Crippen molar-refractivity contribution in [2.24, 2.45) is 0 Å². The first-order valence-corrected chi connectivity index (χ1v) is 10.9. The number of hydrogen-bond donors (Lipinski definition) is 1. The predicted molar refractivity (Wildman–Crippen MR) is 134 cm³/mol. The van der Waals surface area contributed by atoms with Crippen molar-refractivity contribution in [2.75, 3.05) is 12.4 Å². The third kappa shape index (κ3) is 5.91. The van der Waals surface area contributed by atoms with Crippen LogP contribution in [-0.2, 0) is 4.79 Å². The van der Waals surface area contributed by atoms with E-state index in [2.05, 4.69) is 5.32 Å². The fraction of sp³-hybridized carbons (Fsp3) is 0.0435. The Morgan fingerprint density at radius 3 is 2.44 bits per heavy atom. The molecular formula is C23H14FIN4O7. The minimum absolute atomic E-state index is 0.0709. The number of nitro groups is 2. The van der Waals surface area contributed by atoms with Crippen LogP contribution in [0.1, 0.15) is 5.56 Å². The van der Waals surface area contributed by atoms with Crippen LogP contribution in [0, 0.1) is 40.9 Å². The molecule has 3 aromatic rings. The Morgan fingerprint density at radius 2 is 1.83 bits per heavy atom. The Hall–Kier alpha value is -4.58. The summed E-state index contributed by atoms with van der Waals surface area (Å²) < 4.78 is 25.2. The minimum atomic E-state index is -0.835. The quantitative estimate of drug-likeness (QED) is 0.115. The molecule has 0 radical (unpaired) electrons. The summed E-state index contributed by atoms with van der Waals surface area (Å²) in [4.78, 5) is 33.3. The van der Waals surface area contributed by atoms with Gasteiger partial charge in [0, 0.05) is 6.07 Å². The number of para-hydroxylation sites is 1. The zero-order valence-electron chi connectivity index (χ0n) is 18.2. The van der Waals surface area contributed by atoms with Gasteiger partial charge in [0.2, 0.25) is 5.75 Å². The van der Waals surface area contributed by atoms with E-state index in [1.807, 2.05) is 22.6 Å². The molecular weight excluding hydrogens is 590 g/mol. The molecule has 0 fully saturated rings. The van der Waals surface area contributed by atoms with Crippen LogP contribution < -0.4 is 14.8 Å². The molecule has 0 unspecified atom stereocenters. The maximum Gasteiger partial charge on any atom is 0.318 e. The Morgan fingerprint density at radius 1 is 1.11 bits per heavy atom. The van der Waals surface area contributed by atoms with E-state index in [1.54, 1.807) is 6.07 Å². The van der Waals surface area contributed by atoms with Gasteiger partial charge >= 0.3 is 5.69 Å². The molecule has 1 N–H and O–H groups in total. The Bertz CT molecular complexity index is 1450. The number of nitriles is 1. The van der Waals surface area contributed by atoms with Crippen molar-refractivity contribution < 1.29 is 28.5 Å². The molecule has 3 rings (SSSR count). The van der Waals surface area contributed by atoms with Crippen molar-refractivity contribution >= 4 is 51.6 Å². The van der Waals surface area contributed by atoms with Crippen molar-refractivity contribution in [1.82, 2.24) is 0 Å². The van der Waals surface area contributed by atoms with Crippen LogP contribution in [0.2, 0.25) is 0 Å². The zero-order valence-corrected chi connectivity index (χ0v) is 20.4. The third-order valence-corrected chi connectivity index (χ3v) is 5.41. The van der Waals surface area contributed by atoms with Crippen molar-refractivity contribution in [3.8, 4) is 23.3 Å². The van der Waals surface area contributed by atoms with Gasteiger partial charge in [0.25, 0.3) is 11.6 Å². The van der Waals surface area contributed by atoms with Crippen molar-refractivity contribution in [3.63, 3.8) is 0 Å². The second kappa shape index (κ2) is 11.2. The number of carbonyl (C=O) groups excluding carboxylic acids is 1. The number of methoxy groups -OCH3 is 1. The Kier molecular flexibility index (Phi) is 8.12. The van der Waals surface area contributed by atoms with Crippen LogP contribution in [0.3, 0.4) is 0 Å². The van der Waals surface area contributed by atoms with Gasteiger partial charge in [-0.1, -0.05) is 12.1 Å². The van der Waals surface area contributed by atoms with Gasteiger partial charge in [-0.3, -0.25) is 25.0 Å². The topological polar surface area (TPSA) is 158 Å². The van der Waals surface area contributed by atoms with E-state index in [4.69, 9.17) is 9.47 Å². The molecule has 0 aliphatic rings. The van der Waals surface area contributed by atoms with E-state index in [9.17, 15) is 34.7 Å². The van der Waals surface area contributed by atoms with Crippen LogP contribution in [0.25, 0.3) is 6.08 Å². The van der Waals surface area contributed by atoms with Crippen LogP contribution in [0.4, 0.5) is 21.5 Å². The SMILES string of the molecule is COc1cc(/C=C(\C#N)C(=O)Nc2ccccc2F)cc(I)c1Oc1ccc([N+](=O)[O-])cc1[N+](=O)[O-]. The van der Waals surface area contributed by atoms with Gasteiger partial charge in [0.05, 0.1) is 32.3 Å². The summed E-state index contributed by atoms with van der Waals surface area (Å²) in [5, 5.41) is 34.2. The molecule has 0 saturated carbocycles. The van der Waals surface area contributed by atoms with Crippen LogP contribution in [0.15, 0.2) is 60.2 Å². The third-order valence-electron chi connectivity index (χ3n) is 4.61. The average molecular weight is 604 g/mol. The van der Waals surface area contributed by atoms with Crippen molar-refractivity contribution in [3.05, 3.63) is 95.3 Å². The number of anilines is 1. The standard InChI is InChI=1S/C23H14FIN4O7/c1-35-21-10-13(8-14(12-26)23(30)27-18-5-3-2-4-16(18)24)9-17(25)22(21)36-20-7-6-15(28(31)32)11-19(20)29(33)34/h2-11H,1H3,(H,27,30)/b14-8+. The minimum Gasteiger partial charge on any atom is -0.493 e. The number of nitro benzene ring substituents is 2. The number of non-ortho nitro benzene ring substituents is 1. The first kappa shape index (κ1) is 26.0. The van der Waals surface area contributed by atoms with Gasteiger partial charge in [-0.25, -0.2) is 4.39 Å². The predicted octanol–water partition coefficient (Wildman–Crippen LogP) is 5.59. The molecule has 0 aromatic heterocycles. The summed E-state index contributed by atoms with van der Waals surface area (Å²) in [5.41, 5.74) is -1.17. The molecule has 0 aliphatic carbocycles. The van der Waals surface area contributed by atoms with E-state index in [0.717, 1.165) is 24.3 Å². The van der Waals surface area contributed by atoms with Gasteiger partial charge in [-0.2, -0.15) is 5.26 Å². The number of carbonyl (C=O) groups is 1. The molecule has 0 bridgehead atoms. The molecule has 0 atom stereocenters. The largest absolute Gasteiger partial charge is 0.493 e. The number of rotatable bonds is 8. The zero-order chi connectivity index (χ0) is 26.4. The van der Waals surface area contributed by atoms with Gasteiger partial charge < -0.3 is 14.8 Å². The number of amides is 1. The lowest BCUT2D eigenvalue weighted by Crippen LogP contribution is -2.14. The van der Waals surface area contributed by atoms with Gasteiger partial charge in [0.15, 0.2) is 11.5 Å². The smallest absolute Gasteiger partial charge is 0.318 e. The molecule has 1 amide bonds. The molecule has 13 heteroatoms. The summed E-state index contributed by atoms with van der Waals surface area (Å²) in [6.45, 7) is 0. The van der Waals surface area contributed by atoms with Crippen LogP contribution in [-0.4, -0.2) is 22.9 Å². The summed E-state index contributed by atoms with van der Waals surface area (Å²) in [7, 11) is 1.31. The average Bonchev–Trinajstić information content (AvgIpc) is 2.85. The number of nitrogens with one attached hydrogen (secondary N) is 1. The van der Waals surface area contributed by atoms with Gasteiger partial charge in [-0.05, 0) is 64.6 Å². The number of halogens is 2. The Balaban J connectivity index is 1.96. The summed E-state index contributed by atoms with van der Waals surface area (Å²) in [6.07, 6.45) is 1.25. The second-order valence-corrected chi connectivity index (χ2v) is 8.07. The summed E-state index contributed by atoms with van der Waals surface area (Å²) in [6, 6.07) is 13.1. The molecule has 36 heavy (non-hydrogen) atoms. The first-order valence-electron chi connectivity index (χ1n) is 9.80. The molecule has 11 nitrogen and oxygen atoms in total. The molecule has 182 valence electrons. The monoisotopic (exact) mass is 604 g/mol. The first-order chi connectivity index (χ1) is 17.1. The number of benzene rings is 3. The fourth-order valence-corrected chi connectivity index (χ4v) is 3.68. The molecule has 0 saturated heterocycles. The van der Waals surface area contributed by atoms with E-state index in [0.29, 0.717) is 9.13 Å². The van der Waals surface area contributed by atoms with Crippen molar-refractivity contribution in [2.45, 2.75) is 0 Å². The highest BCUT2D eigenvalue weighted by atomic mass is 127. The second-order valence-electron chi connectivity index (χ2n) is 6.91. The fourth-order valence-electron chi connectivity index (χ4n) is 2.95. The van der Waals surface area contributed by atoms with E-state index in [-0.39, 0.29) is 28.5 Å². The maximum atomic E-state index is 13.8. The normalized spacial score (nSPS) is 10.8. The highest BCUT2D eigenvalue weighted by Gasteiger charge is 2.23. The summed E-state index contributed by atoms with van der Waals surface area (Å²) in [5.74, 6) is -1.58. The lowest BCUT2D eigenvalue weighted by molar-refractivity contribution is -0.394. The molecule has 0 aliphatic heterocycles. The summed E-state index contributed by atoms with van der Waals surface area (Å²) >= 11 is 1.86. The van der Waals surface area contributed by atoms with Crippen LogP contribution in [0.5, 0.6) is 17.2 Å². The maximum absolute atomic E-state index is 13.8. The lowest BCUT2D eigenvalue weighted by atomic mass is 10.1. The lowest BCUT2D eigenvalue weighted by Gasteiger charge is -2.13. The Labute approximate surface area is 216 Å². The highest BCUT2D eigenvalue weighted by Crippen LogP contribution is 2.41. The molecule has 0 heterocycles. The van der Waals surface area contributed by atoms with Crippen LogP contribution >= 0.6 is 22.6 Å². The van der Waals surface area contributed by atoms with Gasteiger partial charge in [0.1, 0.15) is 17.5 Å². The number of nitrogens with zero attached hydrogens (tertiary/aromatic N) is 3. The molecule has 0 spiro atoms. The van der Waals surface area contributed by atoms with E-state index >= 15 is 0 Å². The van der Waals surface area contributed by atoms with E-state index < -0.39 is 32.9 Å². The highest BCUT2D eigenvalue weighted by molar-refractivity contribution is 14.1. The van der Waals surface area contributed by atoms with Gasteiger partial charge in [-0.15, -0.1) is 0 Å².